The van der Waals surface area contributed by atoms with Gasteiger partial charge in [0.1, 0.15) is 0 Å². The van der Waals surface area contributed by atoms with Crippen LogP contribution >= 0.6 is 22.6 Å². The maximum atomic E-state index is 12.4. The summed E-state index contributed by atoms with van der Waals surface area (Å²) in [5, 5.41) is 2.56. The molecule has 1 aliphatic heterocycles. The van der Waals surface area contributed by atoms with E-state index < -0.39 is 15.3 Å². The molecule has 1 rings (SSSR count). The van der Waals surface area contributed by atoms with Gasteiger partial charge >= 0.3 is 5.97 Å². The van der Waals surface area contributed by atoms with Crippen molar-refractivity contribution in [1.82, 2.24) is 5.32 Å². The van der Waals surface area contributed by atoms with Crippen LogP contribution in [0.25, 0.3) is 0 Å². The van der Waals surface area contributed by atoms with Crippen molar-refractivity contribution in [3.05, 3.63) is 24.0 Å². The minimum atomic E-state index is -1.18. The van der Waals surface area contributed by atoms with E-state index in [1.54, 1.807) is 0 Å². The SMILES string of the molecule is CCCCCCCC=CCCCCCCCCC=C(OC(=O)C1(I)CCC(=O)N1)C(=O)C=O. The summed E-state index contributed by atoms with van der Waals surface area (Å²) in [5.41, 5.74) is 0. The molecule has 0 saturated carbocycles. The molecule has 0 spiro atoms. The van der Waals surface area contributed by atoms with E-state index in [4.69, 9.17) is 4.74 Å². The maximum absolute atomic E-state index is 12.4. The fourth-order valence-corrected chi connectivity index (χ4v) is 4.35. The molecule has 1 atom stereocenters. The zero-order valence-corrected chi connectivity index (χ0v) is 22.2. The summed E-state index contributed by atoms with van der Waals surface area (Å²) in [5.74, 6) is -2.06. The Morgan fingerprint density at radius 2 is 1.48 bits per heavy atom. The summed E-state index contributed by atoms with van der Waals surface area (Å²) in [6, 6.07) is 0. The van der Waals surface area contributed by atoms with Gasteiger partial charge in [-0.25, -0.2) is 4.79 Å². The van der Waals surface area contributed by atoms with Gasteiger partial charge < -0.3 is 10.1 Å². The second-order valence-electron chi connectivity index (χ2n) is 8.66. The second-order valence-corrected chi connectivity index (χ2v) is 10.5. The standard InChI is InChI=1S/C26H40INO5/c1-2-3-4-5-6-7-8-9-10-11-12-13-14-15-16-17-18-23(22(30)21-29)33-25(32)26(27)20-19-24(31)28-26/h8-9,18,21H,2-7,10-17,19-20H2,1H3,(H,28,31). The van der Waals surface area contributed by atoms with Gasteiger partial charge in [0.05, 0.1) is 0 Å². The predicted molar refractivity (Wildman–Crippen MR) is 139 cm³/mol. The molecule has 0 radical (unpaired) electrons. The highest BCUT2D eigenvalue weighted by Crippen LogP contribution is 2.29. The number of carbonyl (C=O) groups excluding carboxylic acids is 4. The predicted octanol–water partition coefficient (Wildman–Crippen LogP) is 6.26. The minimum absolute atomic E-state index is 0.146. The number of unbranched alkanes of at least 4 members (excludes halogenated alkanes) is 12. The fourth-order valence-electron chi connectivity index (χ4n) is 3.66. The number of ketones is 1. The molecule has 0 aromatic heterocycles. The van der Waals surface area contributed by atoms with Crippen LogP contribution in [-0.4, -0.2) is 27.5 Å². The van der Waals surface area contributed by atoms with Gasteiger partial charge in [0.2, 0.25) is 5.91 Å². The zero-order chi connectivity index (χ0) is 24.4. The molecule has 0 bridgehead atoms. The number of esters is 1. The van der Waals surface area contributed by atoms with E-state index in [9.17, 15) is 19.2 Å². The summed E-state index contributed by atoms with van der Waals surface area (Å²) in [6.45, 7) is 2.24. The van der Waals surface area contributed by atoms with E-state index in [0.717, 1.165) is 25.7 Å². The van der Waals surface area contributed by atoms with E-state index in [2.05, 4.69) is 24.4 Å². The van der Waals surface area contributed by atoms with Crippen molar-refractivity contribution in [3.63, 3.8) is 0 Å². The molecule has 0 aliphatic carbocycles. The molecule has 1 fully saturated rings. The Morgan fingerprint density at radius 1 is 0.939 bits per heavy atom. The average Bonchev–Trinajstić information content (AvgIpc) is 3.16. The Morgan fingerprint density at radius 3 is 2.00 bits per heavy atom. The van der Waals surface area contributed by atoms with Gasteiger partial charge in [0.15, 0.2) is 15.6 Å². The van der Waals surface area contributed by atoms with E-state index in [-0.39, 0.29) is 24.4 Å². The van der Waals surface area contributed by atoms with Crippen molar-refractivity contribution < 1.29 is 23.9 Å². The number of nitrogens with one attached hydrogen (secondary N) is 1. The van der Waals surface area contributed by atoms with E-state index in [1.165, 1.54) is 63.9 Å². The Kier molecular flexibility index (Phi) is 16.0. The van der Waals surface area contributed by atoms with Crippen LogP contribution in [0.5, 0.6) is 0 Å². The van der Waals surface area contributed by atoms with Gasteiger partial charge in [-0.05, 0) is 73.6 Å². The number of rotatable bonds is 19. The van der Waals surface area contributed by atoms with Crippen LogP contribution in [0.4, 0.5) is 0 Å². The molecule has 1 unspecified atom stereocenters. The zero-order valence-electron chi connectivity index (χ0n) is 20.0. The van der Waals surface area contributed by atoms with E-state index in [0.29, 0.717) is 12.8 Å². The van der Waals surface area contributed by atoms with E-state index >= 15 is 0 Å². The first-order chi connectivity index (χ1) is 15.9. The molecule has 186 valence electrons. The van der Waals surface area contributed by atoms with Crippen molar-refractivity contribution in [1.29, 1.82) is 0 Å². The lowest BCUT2D eigenvalue weighted by Gasteiger charge is -2.19. The fraction of sp³-hybridized carbons (Fsp3) is 0.692. The number of halogens is 1. The third kappa shape index (κ3) is 13.1. The van der Waals surface area contributed by atoms with Gasteiger partial charge in [-0.15, -0.1) is 0 Å². The number of ether oxygens (including phenoxy) is 1. The van der Waals surface area contributed by atoms with Crippen LogP contribution in [0.3, 0.4) is 0 Å². The lowest BCUT2D eigenvalue weighted by Crippen LogP contribution is -2.44. The molecular formula is C26H40INO5. The molecule has 6 nitrogen and oxygen atoms in total. The number of amides is 1. The number of Topliss-reactive ketones (excluding diaryl/α,β-unsaturated/α-hetero) is 1. The van der Waals surface area contributed by atoms with Crippen molar-refractivity contribution in [2.45, 2.75) is 113 Å². The number of hydrogen-bond acceptors (Lipinski definition) is 5. The Balaban J connectivity index is 2.15. The second kappa shape index (κ2) is 17.9. The minimum Gasteiger partial charge on any atom is -0.420 e. The summed E-state index contributed by atoms with van der Waals surface area (Å²) in [6.07, 6.45) is 23.0. The highest BCUT2D eigenvalue weighted by molar-refractivity contribution is 14.1. The van der Waals surface area contributed by atoms with E-state index in [1.807, 2.05) is 22.6 Å². The molecule has 0 aromatic carbocycles. The van der Waals surface area contributed by atoms with Crippen LogP contribution in [0.15, 0.2) is 24.0 Å². The lowest BCUT2D eigenvalue weighted by molar-refractivity contribution is -0.146. The molecular weight excluding hydrogens is 533 g/mol. The van der Waals surface area contributed by atoms with Crippen LogP contribution in [-0.2, 0) is 23.9 Å². The molecule has 1 heterocycles. The van der Waals surface area contributed by atoms with Gasteiger partial charge in [-0.1, -0.05) is 70.4 Å². The topological polar surface area (TPSA) is 89.5 Å². The first-order valence-electron chi connectivity index (χ1n) is 12.5. The van der Waals surface area contributed by atoms with Gasteiger partial charge in [-0.2, -0.15) is 0 Å². The third-order valence-electron chi connectivity index (χ3n) is 5.71. The summed E-state index contributed by atoms with van der Waals surface area (Å²) in [4.78, 5) is 46.5. The number of alkyl halides is 1. The average molecular weight is 574 g/mol. The highest BCUT2D eigenvalue weighted by Gasteiger charge is 2.44. The first-order valence-corrected chi connectivity index (χ1v) is 13.6. The maximum Gasteiger partial charge on any atom is 0.347 e. The van der Waals surface area contributed by atoms with Gasteiger partial charge in [0, 0.05) is 6.42 Å². The Bertz CT molecular complexity index is 688. The largest absolute Gasteiger partial charge is 0.420 e. The quantitative estimate of drug-likeness (QED) is 0.0188. The third-order valence-corrected chi connectivity index (χ3v) is 6.96. The molecule has 7 heteroatoms. The molecule has 1 N–H and O–H groups in total. The van der Waals surface area contributed by atoms with Crippen molar-refractivity contribution in [2.24, 2.45) is 0 Å². The summed E-state index contributed by atoms with van der Waals surface area (Å²) in [7, 11) is 0. The molecule has 1 amide bonds. The first kappa shape index (κ1) is 29.5. The van der Waals surface area contributed by atoms with Crippen LogP contribution in [0.2, 0.25) is 0 Å². The number of allylic oxidation sites excluding steroid dienone is 4. The van der Waals surface area contributed by atoms with Crippen molar-refractivity contribution in [3.8, 4) is 0 Å². The van der Waals surface area contributed by atoms with Crippen LogP contribution < -0.4 is 5.32 Å². The van der Waals surface area contributed by atoms with Crippen LogP contribution in [0, 0.1) is 0 Å². The Labute approximate surface area is 212 Å². The van der Waals surface area contributed by atoms with Gasteiger partial charge in [0.25, 0.3) is 5.78 Å². The van der Waals surface area contributed by atoms with Crippen molar-refractivity contribution >= 4 is 46.5 Å². The number of aldehydes is 1. The smallest absolute Gasteiger partial charge is 0.347 e. The molecule has 0 aromatic rings. The van der Waals surface area contributed by atoms with Crippen LogP contribution in [0.1, 0.15) is 110 Å². The van der Waals surface area contributed by atoms with Gasteiger partial charge in [-0.3, -0.25) is 14.4 Å². The summed E-state index contributed by atoms with van der Waals surface area (Å²) < 4.78 is 4.00. The molecule has 33 heavy (non-hydrogen) atoms. The van der Waals surface area contributed by atoms with Crippen molar-refractivity contribution in [2.75, 3.05) is 0 Å². The summed E-state index contributed by atoms with van der Waals surface area (Å²) >= 11 is 1.82. The lowest BCUT2D eigenvalue weighted by atomic mass is 10.1. The Hall–Kier alpha value is -1.51. The highest BCUT2D eigenvalue weighted by atomic mass is 127. The number of carbonyl (C=O) groups is 4. The molecule has 1 saturated heterocycles. The monoisotopic (exact) mass is 573 g/mol. The molecule has 1 aliphatic rings. The number of hydrogen-bond donors (Lipinski definition) is 1. The normalized spacial score (nSPS) is 18.5.